The molecular weight excluding hydrogens is 204 g/mol. The van der Waals surface area contributed by atoms with Crippen LogP contribution in [0.25, 0.3) is 0 Å². The molecule has 86 valence electrons. The summed E-state index contributed by atoms with van der Waals surface area (Å²) in [6, 6.07) is 6.60. The average molecular weight is 220 g/mol. The fourth-order valence-electron chi connectivity index (χ4n) is 1.47. The Morgan fingerprint density at radius 1 is 1.38 bits per heavy atom. The molecule has 16 heavy (non-hydrogen) atoms. The number of benzene rings is 1. The summed E-state index contributed by atoms with van der Waals surface area (Å²) >= 11 is 0. The van der Waals surface area contributed by atoms with Gasteiger partial charge in [-0.1, -0.05) is 26.0 Å². The van der Waals surface area contributed by atoms with Crippen LogP contribution in [0.5, 0.6) is 5.75 Å². The number of hydrogen-bond acceptors (Lipinski definition) is 3. The van der Waals surface area contributed by atoms with Crippen LogP contribution in [0.2, 0.25) is 0 Å². The van der Waals surface area contributed by atoms with Crippen molar-refractivity contribution >= 4 is 12.3 Å². The molecule has 0 bridgehead atoms. The highest BCUT2D eigenvalue weighted by atomic mass is 16.5. The molecule has 0 N–H and O–H groups in total. The maximum Gasteiger partial charge on any atom is 0.314 e. The largest absolute Gasteiger partial charge is 0.426 e. The van der Waals surface area contributed by atoms with Crippen molar-refractivity contribution < 1.29 is 14.3 Å². The van der Waals surface area contributed by atoms with Crippen molar-refractivity contribution in [1.29, 1.82) is 0 Å². The predicted octanol–water partition coefficient (Wildman–Crippen LogP) is 2.84. The fraction of sp³-hybridized carbons (Fsp3) is 0.385. The molecule has 0 heterocycles. The zero-order chi connectivity index (χ0) is 12.0. The standard InChI is InChI=1S/C13H16O3/c1-3-11(4-2)13(15)16-12-7-5-6-10(8-12)9-14/h5-9,11H,3-4H2,1-2H3. The Labute approximate surface area is 95.4 Å². The maximum atomic E-state index is 11.7. The molecule has 0 saturated heterocycles. The zero-order valence-electron chi connectivity index (χ0n) is 9.60. The Bertz CT molecular complexity index is 367. The van der Waals surface area contributed by atoms with Gasteiger partial charge in [-0.15, -0.1) is 0 Å². The third kappa shape index (κ3) is 3.19. The Balaban J connectivity index is 2.72. The Hall–Kier alpha value is -1.64. The van der Waals surface area contributed by atoms with E-state index < -0.39 is 0 Å². The summed E-state index contributed by atoms with van der Waals surface area (Å²) in [7, 11) is 0. The van der Waals surface area contributed by atoms with Crippen molar-refractivity contribution in [1.82, 2.24) is 0 Å². The summed E-state index contributed by atoms with van der Waals surface area (Å²) in [5.74, 6) is 0.134. The fourth-order valence-corrected chi connectivity index (χ4v) is 1.47. The van der Waals surface area contributed by atoms with Gasteiger partial charge >= 0.3 is 5.97 Å². The lowest BCUT2D eigenvalue weighted by molar-refractivity contribution is -0.139. The smallest absolute Gasteiger partial charge is 0.314 e. The summed E-state index contributed by atoms with van der Waals surface area (Å²) in [5, 5.41) is 0. The highest BCUT2D eigenvalue weighted by Gasteiger charge is 2.16. The van der Waals surface area contributed by atoms with E-state index >= 15 is 0 Å². The number of carbonyl (C=O) groups is 2. The van der Waals surface area contributed by atoms with Crippen LogP contribution in [-0.2, 0) is 4.79 Å². The van der Waals surface area contributed by atoms with E-state index in [1.165, 1.54) is 0 Å². The second-order valence-electron chi connectivity index (χ2n) is 3.62. The minimum absolute atomic E-state index is 0.0695. The van der Waals surface area contributed by atoms with E-state index in [2.05, 4.69) is 0 Å². The Morgan fingerprint density at radius 3 is 2.62 bits per heavy atom. The van der Waals surface area contributed by atoms with Crippen LogP contribution in [0.1, 0.15) is 37.0 Å². The van der Waals surface area contributed by atoms with Crippen LogP contribution in [-0.4, -0.2) is 12.3 Å². The molecule has 1 aromatic rings. The lowest BCUT2D eigenvalue weighted by Crippen LogP contribution is -2.19. The van der Waals surface area contributed by atoms with Crippen LogP contribution >= 0.6 is 0 Å². The zero-order valence-corrected chi connectivity index (χ0v) is 9.60. The molecule has 0 spiro atoms. The van der Waals surface area contributed by atoms with Gasteiger partial charge in [-0.3, -0.25) is 9.59 Å². The van der Waals surface area contributed by atoms with Crippen LogP contribution < -0.4 is 4.74 Å². The number of aldehydes is 1. The summed E-state index contributed by atoms with van der Waals surface area (Å²) in [6.45, 7) is 3.91. The quantitative estimate of drug-likeness (QED) is 0.435. The van der Waals surface area contributed by atoms with E-state index in [0.29, 0.717) is 11.3 Å². The SMILES string of the molecule is CCC(CC)C(=O)Oc1cccc(C=O)c1. The van der Waals surface area contributed by atoms with Crippen molar-refractivity contribution in [3.8, 4) is 5.75 Å². The number of carbonyl (C=O) groups excluding carboxylic acids is 2. The molecule has 0 amide bonds. The van der Waals surface area contributed by atoms with Crippen LogP contribution in [0.15, 0.2) is 24.3 Å². The molecule has 0 atom stereocenters. The van der Waals surface area contributed by atoms with Gasteiger partial charge in [0.1, 0.15) is 12.0 Å². The molecule has 0 aromatic heterocycles. The molecular formula is C13H16O3. The number of rotatable bonds is 5. The van der Waals surface area contributed by atoms with E-state index in [1.807, 2.05) is 13.8 Å². The van der Waals surface area contributed by atoms with Gasteiger partial charge in [0.2, 0.25) is 0 Å². The Morgan fingerprint density at radius 2 is 2.06 bits per heavy atom. The van der Waals surface area contributed by atoms with Crippen molar-refractivity contribution in [2.45, 2.75) is 26.7 Å². The molecule has 3 nitrogen and oxygen atoms in total. The number of hydrogen-bond donors (Lipinski definition) is 0. The van der Waals surface area contributed by atoms with Crippen molar-refractivity contribution in [3.63, 3.8) is 0 Å². The van der Waals surface area contributed by atoms with Gasteiger partial charge in [-0.2, -0.15) is 0 Å². The highest BCUT2D eigenvalue weighted by Crippen LogP contribution is 2.16. The lowest BCUT2D eigenvalue weighted by atomic mass is 10.0. The van der Waals surface area contributed by atoms with Gasteiger partial charge in [0.25, 0.3) is 0 Å². The molecule has 0 unspecified atom stereocenters. The second-order valence-corrected chi connectivity index (χ2v) is 3.62. The molecule has 0 aliphatic heterocycles. The van der Waals surface area contributed by atoms with Gasteiger partial charge in [-0.05, 0) is 25.0 Å². The molecule has 0 aliphatic carbocycles. The molecule has 0 saturated carbocycles. The summed E-state index contributed by atoms with van der Waals surface area (Å²) in [5.41, 5.74) is 0.509. The van der Waals surface area contributed by atoms with E-state index in [-0.39, 0.29) is 11.9 Å². The van der Waals surface area contributed by atoms with Gasteiger partial charge < -0.3 is 4.74 Å². The first-order valence-corrected chi connectivity index (χ1v) is 5.48. The first-order chi connectivity index (χ1) is 7.71. The van der Waals surface area contributed by atoms with Crippen LogP contribution in [0.3, 0.4) is 0 Å². The average Bonchev–Trinajstić information content (AvgIpc) is 2.31. The molecule has 3 heteroatoms. The van der Waals surface area contributed by atoms with E-state index in [9.17, 15) is 9.59 Å². The summed E-state index contributed by atoms with van der Waals surface area (Å²) < 4.78 is 5.20. The van der Waals surface area contributed by atoms with E-state index in [1.54, 1.807) is 24.3 Å². The monoisotopic (exact) mass is 220 g/mol. The molecule has 1 rings (SSSR count). The number of ether oxygens (including phenoxy) is 1. The first kappa shape index (κ1) is 12.4. The number of esters is 1. The van der Waals surface area contributed by atoms with Crippen molar-refractivity contribution in [3.05, 3.63) is 29.8 Å². The lowest BCUT2D eigenvalue weighted by Gasteiger charge is -2.11. The van der Waals surface area contributed by atoms with E-state index in [0.717, 1.165) is 19.1 Å². The molecule has 1 aromatic carbocycles. The van der Waals surface area contributed by atoms with Crippen LogP contribution in [0, 0.1) is 5.92 Å². The minimum Gasteiger partial charge on any atom is -0.426 e. The topological polar surface area (TPSA) is 43.4 Å². The van der Waals surface area contributed by atoms with Gasteiger partial charge in [0.05, 0.1) is 5.92 Å². The predicted molar refractivity (Wildman–Crippen MR) is 61.5 cm³/mol. The van der Waals surface area contributed by atoms with Crippen LogP contribution in [0.4, 0.5) is 0 Å². The second kappa shape index (κ2) is 6.05. The normalized spacial score (nSPS) is 10.2. The van der Waals surface area contributed by atoms with Gasteiger partial charge in [-0.25, -0.2) is 0 Å². The van der Waals surface area contributed by atoms with E-state index in [4.69, 9.17) is 4.74 Å². The molecule has 0 fully saturated rings. The third-order valence-corrected chi connectivity index (χ3v) is 2.53. The van der Waals surface area contributed by atoms with Crippen molar-refractivity contribution in [2.24, 2.45) is 5.92 Å². The minimum atomic E-state index is -0.229. The van der Waals surface area contributed by atoms with Gasteiger partial charge in [0, 0.05) is 5.56 Å². The van der Waals surface area contributed by atoms with Gasteiger partial charge in [0.15, 0.2) is 0 Å². The highest BCUT2D eigenvalue weighted by molar-refractivity contribution is 5.78. The summed E-state index contributed by atoms with van der Waals surface area (Å²) in [6.07, 6.45) is 2.26. The molecule has 0 aliphatic rings. The third-order valence-electron chi connectivity index (χ3n) is 2.53. The summed E-state index contributed by atoms with van der Waals surface area (Å²) in [4.78, 5) is 22.2. The maximum absolute atomic E-state index is 11.7. The Kier molecular flexibility index (Phi) is 4.70. The first-order valence-electron chi connectivity index (χ1n) is 5.48. The molecule has 0 radical (unpaired) electrons. The van der Waals surface area contributed by atoms with Crippen molar-refractivity contribution in [2.75, 3.05) is 0 Å².